The van der Waals surface area contributed by atoms with Gasteiger partial charge in [0.05, 0.1) is 10.6 Å². The van der Waals surface area contributed by atoms with Crippen molar-refractivity contribution in [3.8, 4) is 0 Å². The van der Waals surface area contributed by atoms with Gasteiger partial charge in [0.1, 0.15) is 5.82 Å². The van der Waals surface area contributed by atoms with Crippen LogP contribution in [0.3, 0.4) is 0 Å². The van der Waals surface area contributed by atoms with Crippen molar-refractivity contribution >= 4 is 45.5 Å². The summed E-state index contributed by atoms with van der Waals surface area (Å²) in [5.41, 5.74) is 6.01. The molecule has 0 atom stereocenters. The number of amides is 1. The Balaban J connectivity index is 1.37. The van der Waals surface area contributed by atoms with E-state index in [0.29, 0.717) is 16.6 Å². The number of aryl methyl sites for hydroxylation is 2. The highest BCUT2D eigenvalue weighted by atomic mass is 32.2. The molecule has 0 radical (unpaired) electrons. The SMILES string of the molecule is Cc1cc(C)cc(N=C2NC(=O)/C(=C\c3ccc4c(ccn4Cc4cccc(F)c4)c3)S2)c1. The predicted octanol–water partition coefficient (Wildman–Crippen LogP) is 6.34. The molecule has 4 nitrogen and oxygen atoms in total. The molecule has 5 rings (SSSR count). The van der Waals surface area contributed by atoms with Crippen LogP contribution in [0.15, 0.2) is 82.8 Å². The number of aliphatic imine (C=N–C) groups is 1. The summed E-state index contributed by atoms with van der Waals surface area (Å²) >= 11 is 1.34. The lowest BCUT2D eigenvalue weighted by Crippen LogP contribution is -2.19. The summed E-state index contributed by atoms with van der Waals surface area (Å²) in [7, 11) is 0. The molecule has 1 N–H and O–H groups in total. The van der Waals surface area contributed by atoms with Crippen LogP contribution >= 0.6 is 11.8 Å². The number of fused-ring (bicyclic) bond motifs is 1. The van der Waals surface area contributed by atoms with E-state index in [2.05, 4.69) is 27.0 Å². The lowest BCUT2D eigenvalue weighted by atomic mass is 10.1. The van der Waals surface area contributed by atoms with Crippen molar-refractivity contribution in [2.75, 3.05) is 0 Å². The number of nitrogens with one attached hydrogen (secondary N) is 1. The molecule has 1 fully saturated rings. The van der Waals surface area contributed by atoms with Gasteiger partial charge in [0.25, 0.3) is 5.91 Å². The van der Waals surface area contributed by atoms with Crippen LogP contribution in [0, 0.1) is 19.7 Å². The van der Waals surface area contributed by atoms with E-state index in [1.165, 1.54) is 17.8 Å². The summed E-state index contributed by atoms with van der Waals surface area (Å²) in [6.07, 6.45) is 3.88. The highest BCUT2D eigenvalue weighted by Crippen LogP contribution is 2.29. The fraction of sp³-hybridized carbons (Fsp3) is 0.111. The van der Waals surface area contributed by atoms with Crippen LogP contribution < -0.4 is 5.32 Å². The molecule has 0 unspecified atom stereocenters. The lowest BCUT2D eigenvalue weighted by molar-refractivity contribution is -0.115. The fourth-order valence-corrected chi connectivity index (χ4v) is 4.88. The Morgan fingerprint density at radius 2 is 1.85 bits per heavy atom. The number of rotatable bonds is 4. The molecule has 0 aliphatic carbocycles. The average molecular weight is 456 g/mol. The first kappa shape index (κ1) is 21.2. The Bertz CT molecular complexity index is 1430. The van der Waals surface area contributed by atoms with Crippen LogP contribution in [-0.4, -0.2) is 15.6 Å². The van der Waals surface area contributed by atoms with Gasteiger partial charge in [-0.05, 0) is 96.4 Å². The second-order valence-electron chi connectivity index (χ2n) is 8.22. The summed E-state index contributed by atoms with van der Waals surface area (Å²) in [4.78, 5) is 17.7. The number of halogens is 1. The Morgan fingerprint density at radius 1 is 1.03 bits per heavy atom. The first-order valence-electron chi connectivity index (χ1n) is 10.6. The van der Waals surface area contributed by atoms with Crippen LogP contribution in [-0.2, 0) is 11.3 Å². The largest absolute Gasteiger partial charge is 0.343 e. The predicted molar refractivity (Wildman–Crippen MR) is 134 cm³/mol. The maximum Gasteiger partial charge on any atom is 0.264 e. The van der Waals surface area contributed by atoms with Crippen molar-refractivity contribution in [1.82, 2.24) is 9.88 Å². The summed E-state index contributed by atoms with van der Waals surface area (Å²) in [6.45, 7) is 4.66. The van der Waals surface area contributed by atoms with Crippen molar-refractivity contribution in [3.63, 3.8) is 0 Å². The topological polar surface area (TPSA) is 46.4 Å². The number of carbonyl (C=O) groups is 1. The van der Waals surface area contributed by atoms with Gasteiger partial charge in [-0.15, -0.1) is 0 Å². The van der Waals surface area contributed by atoms with Crippen molar-refractivity contribution in [2.24, 2.45) is 4.99 Å². The van der Waals surface area contributed by atoms with Crippen LogP contribution in [0.2, 0.25) is 0 Å². The van der Waals surface area contributed by atoms with Crippen LogP contribution in [0.25, 0.3) is 17.0 Å². The van der Waals surface area contributed by atoms with Crippen molar-refractivity contribution < 1.29 is 9.18 Å². The molecule has 164 valence electrons. The standard InChI is InChI=1S/C27H22FN3OS/c1-17-10-18(2)12-23(11-17)29-27-30-26(32)25(33-27)15-19-6-7-24-21(13-19)8-9-31(24)16-20-4-3-5-22(28)14-20/h3-15H,16H2,1-2H3,(H,29,30,32)/b25-15+. The molecule has 1 aliphatic heterocycles. The van der Waals surface area contributed by atoms with Crippen LogP contribution in [0.5, 0.6) is 0 Å². The minimum Gasteiger partial charge on any atom is -0.343 e. The van der Waals surface area contributed by atoms with E-state index in [9.17, 15) is 9.18 Å². The molecule has 1 aliphatic rings. The molecule has 1 aromatic heterocycles. The molecular weight excluding hydrogens is 433 g/mol. The van der Waals surface area contributed by atoms with Gasteiger partial charge in [-0.1, -0.05) is 24.3 Å². The van der Waals surface area contributed by atoms with E-state index in [-0.39, 0.29) is 11.7 Å². The highest BCUT2D eigenvalue weighted by Gasteiger charge is 2.24. The molecule has 1 amide bonds. The van der Waals surface area contributed by atoms with Gasteiger partial charge in [0, 0.05) is 23.6 Å². The third kappa shape index (κ3) is 4.76. The van der Waals surface area contributed by atoms with E-state index in [1.807, 2.05) is 62.5 Å². The van der Waals surface area contributed by atoms with Crippen molar-refractivity contribution in [2.45, 2.75) is 20.4 Å². The molecule has 0 spiro atoms. The van der Waals surface area contributed by atoms with Gasteiger partial charge in [0.15, 0.2) is 5.17 Å². The smallest absolute Gasteiger partial charge is 0.264 e. The van der Waals surface area contributed by atoms with E-state index in [1.54, 1.807) is 12.1 Å². The zero-order valence-corrected chi connectivity index (χ0v) is 19.1. The van der Waals surface area contributed by atoms with Gasteiger partial charge < -0.3 is 9.88 Å². The Hall–Kier alpha value is -3.64. The average Bonchev–Trinajstić information content (AvgIpc) is 3.30. The second kappa shape index (κ2) is 8.71. The number of hydrogen-bond donors (Lipinski definition) is 1. The summed E-state index contributed by atoms with van der Waals surface area (Å²) < 4.78 is 15.6. The normalized spacial score (nSPS) is 16.2. The van der Waals surface area contributed by atoms with E-state index in [4.69, 9.17) is 0 Å². The van der Waals surface area contributed by atoms with E-state index in [0.717, 1.165) is 38.8 Å². The monoisotopic (exact) mass is 455 g/mol. The maximum absolute atomic E-state index is 13.5. The van der Waals surface area contributed by atoms with Crippen LogP contribution in [0.1, 0.15) is 22.3 Å². The minimum atomic E-state index is -0.231. The van der Waals surface area contributed by atoms with E-state index < -0.39 is 0 Å². The van der Waals surface area contributed by atoms with Gasteiger partial charge in [-0.2, -0.15) is 0 Å². The maximum atomic E-state index is 13.5. The number of thioether (sulfide) groups is 1. The second-order valence-corrected chi connectivity index (χ2v) is 9.25. The third-order valence-electron chi connectivity index (χ3n) is 5.42. The first-order valence-corrected chi connectivity index (χ1v) is 11.5. The van der Waals surface area contributed by atoms with Crippen molar-refractivity contribution in [3.05, 3.63) is 106 Å². The Kier molecular flexibility index (Phi) is 5.60. The summed E-state index contributed by atoms with van der Waals surface area (Å²) in [5.74, 6) is -0.377. The van der Waals surface area contributed by atoms with Crippen LogP contribution in [0.4, 0.5) is 10.1 Å². The molecule has 2 heterocycles. The number of aromatic nitrogens is 1. The summed E-state index contributed by atoms with van der Waals surface area (Å²) in [5, 5.41) is 4.50. The first-order chi connectivity index (χ1) is 15.9. The summed E-state index contributed by atoms with van der Waals surface area (Å²) in [6, 6.07) is 20.8. The van der Waals surface area contributed by atoms with Gasteiger partial charge in [0.2, 0.25) is 0 Å². The number of hydrogen-bond acceptors (Lipinski definition) is 3. The molecule has 1 saturated heterocycles. The van der Waals surface area contributed by atoms with Gasteiger partial charge in [-0.3, -0.25) is 4.79 Å². The molecule has 3 aromatic carbocycles. The van der Waals surface area contributed by atoms with E-state index >= 15 is 0 Å². The molecule has 33 heavy (non-hydrogen) atoms. The Labute approximate surface area is 195 Å². The highest BCUT2D eigenvalue weighted by molar-refractivity contribution is 8.18. The Morgan fingerprint density at radius 3 is 2.64 bits per heavy atom. The molecular formula is C27H22FN3OS. The number of benzene rings is 3. The molecule has 6 heteroatoms. The quantitative estimate of drug-likeness (QED) is 0.365. The number of carbonyl (C=O) groups excluding carboxylic acids is 1. The number of amidine groups is 1. The van der Waals surface area contributed by atoms with Crippen molar-refractivity contribution in [1.29, 1.82) is 0 Å². The molecule has 4 aromatic rings. The minimum absolute atomic E-state index is 0.146. The fourth-order valence-electron chi connectivity index (χ4n) is 4.04. The lowest BCUT2D eigenvalue weighted by Gasteiger charge is -2.06. The molecule has 0 saturated carbocycles. The third-order valence-corrected chi connectivity index (χ3v) is 6.33. The molecule has 0 bridgehead atoms. The van der Waals surface area contributed by atoms with Gasteiger partial charge >= 0.3 is 0 Å². The zero-order valence-electron chi connectivity index (χ0n) is 18.3. The zero-order chi connectivity index (χ0) is 22.9. The number of nitrogens with zero attached hydrogens (tertiary/aromatic N) is 2. The van der Waals surface area contributed by atoms with Gasteiger partial charge in [-0.25, -0.2) is 9.38 Å².